The van der Waals surface area contributed by atoms with Crippen LogP contribution in [0.4, 0.5) is 18.9 Å². The maximum absolute atomic E-state index is 13.0. The number of carbonyl (C=O) groups is 3. The SMILES string of the molecule is Cc1ccc(C(=O)CCC(=O)N(C)CC(=O)Nc2ccccc2C(F)(F)F)cc1. The first-order chi connectivity index (χ1) is 13.6. The first kappa shape index (κ1) is 22.1. The van der Waals surface area contributed by atoms with Gasteiger partial charge in [0.25, 0.3) is 0 Å². The lowest BCUT2D eigenvalue weighted by Gasteiger charge is -2.18. The van der Waals surface area contributed by atoms with E-state index in [0.717, 1.165) is 22.6 Å². The molecule has 0 saturated heterocycles. The number of Topliss-reactive ketones (excluding diaryl/α,β-unsaturated/α-hetero) is 1. The second kappa shape index (κ2) is 9.36. The first-order valence-corrected chi connectivity index (χ1v) is 8.88. The summed E-state index contributed by atoms with van der Waals surface area (Å²) in [5.41, 5.74) is 0.162. The molecule has 1 N–H and O–H groups in total. The topological polar surface area (TPSA) is 66.5 Å². The van der Waals surface area contributed by atoms with Crippen molar-refractivity contribution < 1.29 is 27.6 Å². The summed E-state index contributed by atoms with van der Waals surface area (Å²) in [5.74, 6) is -1.41. The highest BCUT2D eigenvalue weighted by Gasteiger charge is 2.33. The number of nitrogens with zero attached hydrogens (tertiary/aromatic N) is 1. The molecule has 0 bridgehead atoms. The lowest BCUT2D eigenvalue weighted by atomic mass is 10.0. The third-order valence-corrected chi connectivity index (χ3v) is 4.25. The molecule has 0 fully saturated rings. The number of hydrogen-bond acceptors (Lipinski definition) is 3. The van der Waals surface area contributed by atoms with E-state index in [2.05, 4.69) is 5.32 Å². The molecule has 0 aliphatic heterocycles. The smallest absolute Gasteiger partial charge is 0.336 e. The molecule has 2 amide bonds. The Hall–Kier alpha value is -3.16. The van der Waals surface area contributed by atoms with Gasteiger partial charge in [-0.05, 0) is 19.1 Å². The van der Waals surface area contributed by atoms with Gasteiger partial charge in [-0.3, -0.25) is 14.4 Å². The number of para-hydroxylation sites is 1. The molecule has 0 saturated carbocycles. The van der Waals surface area contributed by atoms with Crippen LogP contribution in [0.5, 0.6) is 0 Å². The highest BCUT2D eigenvalue weighted by molar-refractivity contribution is 5.99. The van der Waals surface area contributed by atoms with Gasteiger partial charge in [-0.1, -0.05) is 42.0 Å². The van der Waals surface area contributed by atoms with Crippen molar-refractivity contribution in [2.45, 2.75) is 25.9 Å². The van der Waals surface area contributed by atoms with E-state index in [1.54, 1.807) is 24.3 Å². The Morgan fingerprint density at radius 3 is 2.21 bits per heavy atom. The lowest BCUT2D eigenvalue weighted by molar-refractivity contribution is -0.137. The molecule has 0 radical (unpaired) electrons. The molecule has 0 aliphatic carbocycles. The van der Waals surface area contributed by atoms with E-state index < -0.39 is 30.1 Å². The van der Waals surface area contributed by atoms with Crippen molar-refractivity contribution in [2.24, 2.45) is 0 Å². The summed E-state index contributed by atoms with van der Waals surface area (Å²) in [6.07, 6.45) is -4.73. The number of aryl methyl sites for hydroxylation is 1. The highest BCUT2D eigenvalue weighted by atomic mass is 19.4. The minimum Gasteiger partial charge on any atom is -0.336 e. The Balaban J connectivity index is 1.88. The van der Waals surface area contributed by atoms with Gasteiger partial charge in [-0.2, -0.15) is 13.2 Å². The third-order valence-electron chi connectivity index (χ3n) is 4.25. The molecule has 0 atom stereocenters. The van der Waals surface area contributed by atoms with Crippen molar-refractivity contribution in [2.75, 3.05) is 18.9 Å². The number of halogens is 3. The quantitative estimate of drug-likeness (QED) is 0.705. The van der Waals surface area contributed by atoms with E-state index in [1.165, 1.54) is 19.2 Å². The van der Waals surface area contributed by atoms with Crippen LogP contribution in [0.15, 0.2) is 48.5 Å². The fraction of sp³-hybridized carbons (Fsp3) is 0.286. The molecule has 154 valence electrons. The van der Waals surface area contributed by atoms with E-state index >= 15 is 0 Å². The Kier molecular flexibility index (Phi) is 7.14. The number of carbonyl (C=O) groups excluding carboxylic acids is 3. The maximum atomic E-state index is 13.0. The molecule has 0 unspecified atom stereocenters. The predicted molar refractivity (Wildman–Crippen MR) is 102 cm³/mol. The summed E-state index contributed by atoms with van der Waals surface area (Å²) in [6, 6.07) is 11.5. The average Bonchev–Trinajstić information content (AvgIpc) is 2.65. The van der Waals surface area contributed by atoms with E-state index in [0.29, 0.717) is 5.56 Å². The number of hydrogen-bond donors (Lipinski definition) is 1. The van der Waals surface area contributed by atoms with Crippen molar-refractivity contribution in [3.8, 4) is 0 Å². The fourth-order valence-electron chi connectivity index (χ4n) is 2.63. The molecule has 2 aromatic rings. The summed E-state index contributed by atoms with van der Waals surface area (Å²) in [5, 5.41) is 2.18. The Labute approximate surface area is 166 Å². The molecule has 2 aromatic carbocycles. The largest absolute Gasteiger partial charge is 0.418 e. The normalized spacial score (nSPS) is 11.1. The van der Waals surface area contributed by atoms with Crippen LogP contribution in [-0.4, -0.2) is 36.1 Å². The van der Waals surface area contributed by atoms with E-state index in [1.807, 2.05) is 6.92 Å². The molecule has 5 nitrogen and oxygen atoms in total. The standard InChI is InChI=1S/C21H21F3N2O3/c1-14-7-9-15(10-8-14)18(27)11-12-20(29)26(2)13-19(28)25-17-6-4-3-5-16(17)21(22,23)24/h3-10H,11-13H2,1-2H3,(H,25,28). The molecule has 0 spiro atoms. The number of amides is 2. The van der Waals surface area contributed by atoms with Crippen LogP contribution in [0.2, 0.25) is 0 Å². The van der Waals surface area contributed by atoms with Gasteiger partial charge >= 0.3 is 6.18 Å². The minimum atomic E-state index is -4.61. The van der Waals surface area contributed by atoms with Crippen LogP contribution in [-0.2, 0) is 15.8 Å². The number of rotatable bonds is 7. The van der Waals surface area contributed by atoms with Gasteiger partial charge in [0.2, 0.25) is 11.8 Å². The van der Waals surface area contributed by atoms with Crippen LogP contribution < -0.4 is 5.32 Å². The molecule has 8 heteroatoms. The molecular weight excluding hydrogens is 385 g/mol. The van der Waals surface area contributed by atoms with Crippen LogP contribution in [0.25, 0.3) is 0 Å². The summed E-state index contributed by atoms with van der Waals surface area (Å²) >= 11 is 0. The molecule has 0 aromatic heterocycles. The first-order valence-electron chi connectivity index (χ1n) is 8.88. The van der Waals surface area contributed by atoms with Crippen LogP contribution in [0.1, 0.15) is 34.3 Å². The van der Waals surface area contributed by atoms with Crippen molar-refractivity contribution in [1.82, 2.24) is 4.90 Å². The maximum Gasteiger partial charge on any atom is 0.418 e. The van der Waals surface area contributed by atoms with Crippen LogP contribution in [0, 0.1) is 6.92 Å². The molecule has 29 heavy (non-hydrogen) atoms. The molecule has 0 aliphatic rings. The van der Waals surface area contributed by atoms with Gasteiger partial charge in [-0.15, -0.1) is 0 Å². The van der Waals surface area contributed by atoms with Gasteiger partial charge < -0.3 is 10.2 Å². The molecule has 0 heterocycles. The molecular formula is C21H21F3N2O3. The highest BCUT2D eigenvalue weighted by Crippen LogP contribution is 2.34. The van der Waals surface area contributed by atoms with Crippen molar-refractivity contribution in [1.29, 1.82) is 0 Å². The number of ketones is 1. The third kappa shape index (κ3) is 6.44. The number of nitrogens with one attached hydrogen (secondary N) is 1. The Morgan fingerprint density at radius 2 is 1.59 bits per heavy atom. The predicted octanol–water partition coefficient (Wildman–Crippen LogP) is 4.07. The van der Waals surface area contributed by atoms with Crippen LogP contribution >= 0.6 is 0 Å². The van der Waals surface area contributed by atoms with Crippen LogP contribution in [0.3, 0.4) is 0 Å². The van der Waals surface area contributed by atoms with Gasteiger partial charge in [0.1, 0.15) is 0 Å². The summed E-state index contributed by atoms with van der Waals surface area (Å²) in [7, 11) is 1.36. The number of alkyl halides is 3. The van der Waals surface area contributed by atoms with Gasteiger partial charge in [-0.25, -0.2) is 0 Å². The number of anilines is 1. The monoisotopic (exact) mass is 406 g/mol. The van der Waals surface area contributed by atoms with Gasteiger partial charge in [0, 0.05) is 25.5 Å². The zero-order valence-electron chi connectivity index (χ0n) is 16.0. The fourth-order valence-corrected chi connectivity index (χ4v) is 2.63. The number of likely N-dealkylation sites (N-methyl/N-ethyl adjacent to an activating group) is 1. The zero-order valence-corrected chi connectivity index (χ0v) is 16.0. The summed E-state index contributed by atoms with van der Waals surface area (Å²) in [4.78, 5) is 37.4. The van der Waals surface area contributed by atoms with Crippen molar-refractivity contribution in [3.63, 3.8) is 0 Å². The van der Waals surface area contributed by atoms with E-state index in [9.17, 15) is 27.6 Å². The lowest BCUT2D eigenvalue weighted by Crippen LogP contribution is -2.35. The second-order valence-electron chi connectivity index (χ2n) is 6.63. The van der Waals surface area contributed by atoms with Gasteiger partial charge in [0.05, 0.1) is 17.8 Å². The van der Waals surface area contributed by atoms with Crippen molar-refractivity contribution >= 4 is 23.3 Å². The molecule has 2 rings (SSSR count). The van der Waals surface area contributed by atoms with Gasteiger partial charge in [0.15, 0.2) is 5.78 Å². The Bertz CT molecular complexity index is 893. The summed E-state index contributed by atoms with van der Waals surface area (Å²) < 4.78 is 38.9. The number of benzene rings is 2. The van der Waals surface area contributed by atoms with E-state index in [-0.39, 0.29) is 24.3 Å². The minimum absolute atomic E-state index is 0.0231. The second-order valence-corrected chi connectivity index (χ2v) is 6.63. The van der Waals surface area contributed by atoms with Crippen molar-refractivity contribution in [3.05, 3.63) is 65.2 Å². The van der Waals surface area contributed by atoms with E-state index in [4.69, 9.17) is 0 Å². The Morgan fingerprint density at radius 1 is 0.966 bits per heavy atom. The average molecular weight is 406 g/mol. The summed E-state index contributed by atoms with van der Waals surface area (Å²) in [6.45, 7) is 1.47. The zero-order chi connectivity index (χ0) is 21.6.